The monoisotopic (exact) mass is 267 g/mol. The Morgan fingerprint density at radius 1 is 1.10 bits per heavy atom. The van der Waals surface area contributed by atoms with Crippen molar-refractivity contribution < 1.29 is 4.74 Å². The van der Waals surface area contributed by atoms with Crippen molar-refractivity contribution in [2.24, 2.45) is 0 Å². The maximum Gasteiger partial charge on any atom is 0.348 e. The first-order chi connectivity index (χ1) is 9.78. The number of H-pyrrole nitrogens is 1. The molecule has 0 radical (unpaired) electrons. The van der Waals surface area contributed by atoms with Gasteiger partial charge in [0.1, 0.15) is 5.75 Å². The van der Waals surface area contributed by atoms with Crippen LogP contribution in [0.15, 0.2) is 59.4 Å². The molecule has 0 saturated carbocycles. The number of methoxy groups -OCH3 is 1. The summed E-state index contributed by atoms with van der Waals surface area (Å²) in [4.78, 5) is 14.8. The van der Waals surface area contributed by atoms with E-state index in [9.17, 15) is 4.79 Å². The zero-order valence-corrected chi connectivity index (χ0v) is 10.9. The van der Waals surface area contributed by atoms with Crippen LogP contribution in [0.1, 0.15) is 0 Å². The Kier molecular flexibility index (Phi) is 3.09. The van der Waals surface area contributed by atoms with E-state index in [1.165, 1.54) is 4.68 Å². The van der Waals surface area contributed by atoms with Crippen molar-refractivity contribution in [1.82, 2.24) is 14.8 Å². The van der Waals surface area contributed by atoms with Gasteiger partial charge in [-0.2, -0.15) is 4.68 Å². The third-order valence-electron chi connectivity index (χ3n) is 2.96. The van der Waals surface area contributed by atoms with Crippen molar-refractivity contribution in [3.8, 4) is 22.8 Å². The topological polar surface area (TPSA) is 59.9 Å². The normalized spacial score (nSPS) is 10.4. The molecule has 3 rings (SSSR count). The average Bonchev–Trinajstić information content (AvgIpc) is 2.90. The van der Waals surface area contributed by atoms with Gasteiger partial charge in [-0.1, -0.05) is 36.4 Å². The lowest BCUT2D eigenvalue weighted by Crippen LogP contribution is -2.15. The Morgan fingerprint density at radius 3 is 2.65 bits per heavy atom. The summed E-state index contributed by atoms with van der Waals surface area (Å²) < 4.78 is 6.48. The predicted molar refractivity (Wildman–Crippen MR) is 76.2 cm³/mol. The van der Waals surface area contributed by atoms with Crippen LogP contribution in [0.4, 0.5) is 0 Å². The van der Waals surface area contributed by atoms with Gasteiger partial charge < -0.3 is 4.74 Å². The van der Waals surface area contributed by atoms with Gasteiger partial charge in [0, 0.05) is 11.6 Å². The fraction of sp³-hybridized carbons (Fsp3) is 0.0667. The summed E-state index contributed by atoms with van der Waals surface area (Å²) >= 11 is 0. The number of hydrogen-bond acceptors (Lipinski definition) is 3. The molecule has 1 aromatic heterocycles. The summed E-state index contributed by atoms with van der Waals surface area (Å²) in [6.45, 7) is 0. The minimum atomic E-state index is -0.280. The van der Waals surface area contributed by atoms with E-state index in [-0.39, 0.29) is 5.69 Å². The van der Waals surface area contributed by atoms with Gasteiger partial charge in [0.05, 0.1) is 12.8 Å². The van der Waals surface area contributed by atoms with Crippen molar-refractivity contribution in [2.45, 2.75) is 0 Å². The number of ether oxygens (including phenoxy) is 1. The highest BCUT2D eigenvalue weighted by atomic mass is 16.5. The van der Waals surface area contributed by atoms with E-state index in [1.54, 1.807) is 19.2 Å². The molecule has 1 heterocycles. The van der Waals surface area contributed by atoms with Gasteiger partial charge in [-0.05, 0) is 12.1 Å². The lowest BCUT2D eigenvalue weighted by molar-refractivity contribution is 0.414. The molecule has 0 bridgehead atoms. The number of aromatic nitrogens is 3. The van der Waals surface area contributed by atoms with Crippen LogP contribution in [-0.4, -0.2) is 21.9 Å². The molecule has 0 spiro atoms. The molecule has 0 atom stereocenters. The first kappa shape index (κ1) is 12.2. The maximum atomic E-state index is 12.0. The Hall–Kier alpha value is -2.82. The summed E-state index contributed by atoms with van der Waals surface area (Å²) in [5.74, 6) is 1.22. The molecule has 5 heteroatoms. The van der Waals surface area contributed by atoms with Crippen molar-refractivity contribution in [3.05, 3.63) is 65.1 Å². The molecule has 3 aromatic rings. The van der Waals surface area contributed by atoms with Crippen LogP contribution in [0.3, 0.4) is 0 Å². The molecule has 0 aliphatic heterocycles. The van der Waals surface area contributed by atoms with E-state index in [2.05, 4.69) is 10.1 Å². The molecule has 5 nitrogen and oxygen atoms in total. The van der Waals surface area contributed by atoms with Gasteiger partial charge in [-0.3, -0.25) is 4.98 Å². The number of rotatable bonds is 3. The third-order valence-corrected chi connectivity index (χ3v) is 2.96. The van der Waals surface area contributed by atoms with E-state index in [0.29, 0.717) is 17.3 Å². The summed E-state index contributed by atoms with van der Waals surface area (Å²) in [5.41, 5.74) is 1.25. The zero-order valence-electron chi connectivity index (χ0n) is 10.9. The zero-order chi connectivity index (χ0) is 13.9. The number of nitrogens with zero attached hydrogens (tertiary/aromatic N) is 2. The lowest BCUT2D eigenvalue weighted by Gasteiger charge is -2.02. The molecule has 0 aliphatic rings. The molecular formula is C15H13N3O2. The van der Waals surface area contributed by atoms with Crippen LogP contribution < -0.4 is 10.4 Å². The molecule has 2 aromatic carbocycles. The lowest BCUT2D eigenvalue weighted by atomic mass is 10.2. The van der Waals surface area contributed by atoms with E-state index in [4.69, 9.17) is 4.74 Å². The van der Waals surface area contributed by atoms with Gasteiger partial charge in [0.25, 0.3) is 0 Å². The number of aromatic amines is 1. The molecule has 0 fully saturated rings. The Morgan fingerprint density at radius 2 is 1.90 bits per heavy atom. The van der Waals surface area contributed by atoms with E-state index < -0.39 is 0 Å². The SMILES string of the molecule is COc1cccc(-n2nc(-c3ccccc3)[nH]c2=O)c1. The maximum absolute atomic E-state index is 12.0. The van der Waals surface area contributed by atoms with Crippen LogP contribution in [-0.2, 0) is 0 Å². The quantitative estimate of drug-likeness (QED) is 0.791. The first-order valence-corrected chi connectivity index (χ1v) is 6.17. The Labute approximate surface area is 115 Å². The largest absolute Gasteiger partial charge is 0.497 e. The molecule has 0 unspecified atom stereocenters. The second kappa shape index (κ2) is 5.05. The number of nitrogens with one attached hydrogen (secondary N) is 1. The minimum Gasteiger partial charge on any atom is -0.497 e. The summed E-state index contributed by atoms with van der Waals surface area (Å²) in [7, 11) is 1.59. The van der Waals surface area contributed by atoms with Crippen LogP contribution >= 0.6 is 0 Å². The van der Waals surface area contributed by atoms with Gasteiger partial charge >= 0.3 is 5.69 Å². The van der Waals surface area contributed by atoms with Gasteiger partial charge in [-0.15, -0.1) is 5.10 Å². The Bertz CT molecular complexity index is 775. The standard InChI is InChI=1S/C15H13N3O2/c1-20-13-9-5-8-12(10-13)18-15(19)16-14(17-18)11-6-3-2-4-7-11/h2-10H,1H3,(H,16,17,19). The highest BCUT2D eigenvalue weighted by molar-refractivity contribution is 5.54. The van der Waals surface area contributed by atoms with Gasteiger partial charge in [-0.25, -0.2) is 4.79 Å². The van der Waals surface area contributed by atoms with E-state index in [0.717, 1.165) is 5.56 Å². The molecular weight excluding hydrogens is 254 g/mol. The van der Waals surface area contributed by atoms with Crippen LogP contribution in [0.25, 0.3) is 17.1 Å². The fourth-order valence-corrected chi connectivity index (χ4v) is 1.97. The molecule has 0 aliphatic carbocycles. The highest BCUT2D eigenvalue weighted by Gasteiger charge is 2.09. The molecule has 0 amide bonds. The second-order valence-electron chi connectivity index (χ2n) is 4.26. The number of benzene rings is 2. The van der Waals surface area contributed by atoms with Crippen molar-refractivity contribution in [1.29, 1.82) is 0 Å². The molecule has 1 N–H and O–H groups in total. The summed E-state index contributed by atoms with van der Waals surface area (Å²) in [6.07, 6.45) is 0. The fourth-order valence-electron chi connectivity index (χ4n) is 1.97. The molecule has 100 valence electrons. The van der Waals surface area contributed by atoms with Crippen molar-refractivity contribution >= 4 is 0 Å². The van der Waals surface area contributed by atoms with E-state index in [1.807, 2.05) is 42.5 Å². The molecule has 20 heavy (non-hydrogen) atoms. The summed E-state index contributed by atoms with van der Waals surface area (Å²) in [6, 6.07) is 16.7. The third kappa shape index (κ3) is 2.21. The smallest absolute Gasteiger partial charge is 0.348 e. The predicted octanol–water partition coefficient (Wildman–Crippen LogP) is 2.24. The average molecular weight is 267 g/mol. The van der Waals surface area contributed by atoms with Crippen molar-refractivity contribution in [2.75, 3.05) is 7.11 Å². The Balaban J connectivity index is 2.07. The van der Waals surface area contributed by atoms with Crippen LogP contribution in [0.2, 0.25) is 0 Å². The van der Waals surface area contributed by atoms with E-state index >= 15 is 0 Å². The first-order valence-electron chi connectivity index (χ1n) is 6.17. The van der Waals surface area contributed by atoms with Crippen LogP contribution in [0.5, 0.6) is 5.75 Å². The van der Waals surface area contributed by atoms with Gasteiger partial charge in [0.15, 0.2) is 5.82 Å². The summed E-state index contributed by atoms with van der Waals surface area (Å²) in [5, 5.41) is 4.32. The minimum absolute atomic E-state index is 0.280. The number of hydrogen-bond donors (Lipinski definition) is 1. The van der Waals surface area contributed by atoms with Crippen molar-refractivity contribution in [3.63, 3.8) is 0 Å². The van der Waals surface area contributed by atoms with Gasteiger partial charge in [0.2, 0.25) is 0 Å². The highest BCUT2D eigenvalue weighted by Crippen LogP contribution is 2.16. The molecule has 0 saturated heterocycles. The van der Waals surface area contributed by atoms with Crippen LogP contribution in [0, 0.1) is 0 Å². The second-order valence-corrected chi connectivity index (χ2v) is 4.26.